The van der Waals surface area contributed by atoms with E-state index >= 15 is 0 Å². The molecule has 1 atom stereocenters. The minimum atomic E-state index is 1.27. The van der Waals surface area contributed by atoms with E-state index in [1.807, 2.05) is 0 Å². The summed E-state index contributed by atoms with van der Waals surface area (Å²) in [6.45, 7) is 8.59. The van der Waals surface area contributed by atoms with Gasteiger partial charge in [-0.05, 0) is 30.6 Å². The molecule has 0 rings (SSSR count). The predicted octanol–water partition coefficient (Wildman–Crippen LogP) is 3.08. The van der Waals surface area contributed by atoms with Gasteiger partial charge in [0.2, 0.25) is 0 Å². The van der Waals surface area contributed by atoms with Gasteiger partial charge in [-0.15, -0.1) is 0 Å². The molecule has 0 aliphatic rings. The fraction of sp³-hybridized carbons (Fsp3) is 1.00. The van der Waals surface area contributed by atoms with Gasteiger partial charge in [0.15, 0.2) is 0 Å². The average molecular weight is 284 g/mol. The van der Waals surface area contributed by atoms with E-state index in [2.05, 4.69) is 43.5 Å². The van der Waals surface area contributed by atoms with Gasteiger partial charge in [0.05, 0.1) is 26.7 Å². The largest absolute Gasteiger partial charge is 0.326 e. The average Bonchev–Trinajstić information content (AvgIpc) is 2.06. The summed E-state index contributed by atoms with van der Waals surface area (Å²) in [5, 5.41) is 0. The maximum atomic E-state index is 2.47. The molecular weight excluding hydrogens is 261 g/mol. The predicted molar refractivity (Wildman–Crippen MR) is 64.9 cm³/mol. The quantitative estimate of drug-likeness (QED) is 0.292. The number of quaternary nitrogens is 1. The highest BCUT2D eigenvalue weighted by Gasteiger charge is 2.16. The molecule has 0 saturated carbocycles. The first kappa shape index (κ1) is 12.7. The van der Waals surface area contributed by atoms with Crippen LogP contribution in [-0.4, -0.2) is 35.6 Å². The smallest absolute Gasteiger partial charge is 0.0784 e. The van der Waals surface area contributed by atoms with Crippen LogP contribution in [0.3, 0.4) is 0 Å². The minimum absolute atomic E-state index is 1.27. The second-order valence-corrected chi connectivity index (χ2v) is 4.86. The molecule has 0 radical (unpaired) electrons. The zero-order valence-electron chi connectivity index (χ0n) is 8.77. The van der Waals surface area contributed by atoms with Crippen LogP contribution in [0.1, 0.15) is 33.1 Å². The van der Waals surface area contributed by atoms with Crippen LogP contribution in [0.4, 0.5) is 0 Å². The summed E-state index contributed by atoms with van der Waals surface area (Å²) in [6.07, 6.45) is 4.10. The standard InChI is InChI=1S/C10H23IN/c1-4-9-12(3,5-2)10-7-6-8-11/h4-10H2,1-3H3/q+1. The fourth-order valence-electron chi connectivity index (χ4n) is 1.56. The molecule has 0 fully saturated rings. The van der Waals surface area contributed by atoms with E-state index in [-0.39, 0.29) is 0 Å². The Morgan fingerprint density at radius 1 is 1.08 bits per heavy atom. The van der Waals surface area contributed by atoms with Crippen molar-refractivity contribution in [2.24, 2.45) is 0 Å². The highest BCUT2D eigenvalue weighted by atomic mass is 127. The first-order valence-electron chi connectivity index (χ1n) is 5.08. The Morgan fingerprint density at radius 2 is 1.75 bits per heavy atom. The fourth-order valence-corrected chi connectivity index (χ4v) is 2.10. The van der Waals surface area contributed by atoms with Crippen molar-refractivity contribution in [1.29, 1.82) is 0 Å². The van der Waals surface area contributed by atoms with Crippen molar-refractivity contribution in [1.82, 2.24) is 0 Å². The topological polar surface area (TPSA) is 0 Å². The van der Waals surface area contributed by atoms with Gasteiger partial charge in [-0.3, -0.25) is 0 Å². The third-order valence-corrected chi connectivity index (χ3v) is 3.37. The van der Waals surface area contributed by atoms with Crippen molar-refractivity contribution in [2.75, 3.05) is 31.1 Å². The second kappa shape index (κ2) is 7.13. The van der Waals surface area contributed by atoms with Crippen molar-refractivity contribution in [3.63, 3.8) is 0 Å². The molecule has 0 spiro atoms. The Bertz CT molecular complexity index is 106. The monoisotopic (exact) mass is 284 g/mol. The summed E-state index contributed by atoms with van der Waals surface area (Å²) < 4.78 is 2.58. The molecule has 0 amide bonds. The second-order valence-electron chi connectivity index (χ2n) is 3.78. The number of nitrogens with zero attached hydrogens (tertiary/aromatic N) is 1. The first-order chi connectivity index (χ1) is 5.68. The van der Waals surface area contributed by atoms with E-state index in [4.69, 9.17) is 0 Å². The third kappa shape index (κ3) is 5.36. The highest BCUT2D eigenvalue weighted by Crippen LogP contribution is 2.07. The van der Waals surface area contributed by atoms with Crippen molar-refractivity contribution >= 4 is 22.6 Å². The normalized spacial score (nSPS) is 16.0. The van der Waals surface area contributed by atoms with Crippen molar-refractivity contribution in [3.05, 3.63) is 0 Å². The molecule has 1 nitrogen and oxygen atoms in total. The summed E-state index contributed by atoms with van der Waals surface area (Å²) in [6, 6.07) is 0. The molecule has 0 aliphatic carbocycles. The molecule has 2 heteroatoms. The number of hydrogen-bond acceptors (Lipinski definition) is 0. The van der Waals surface area contributed by atoms with Crippen LogP contribution in [0, 0.1) is 0 Å². The summed E-state index contributed by atoms with van der Waals surface area (Å²) in [5.74, 6) is 0. The lowest BCUT2D eigenvalue weighted by atomic mass is 10.2. The van der Waals surface area contributed by atoms with Crippen molar-refractivity contribution in [3.8, 4) is 0 Å². The van der Waals surface area contributed by atoms with Gasteiger partial charge in [0, 0.05) is 0 Å². The van der Waals surface area contributed by atoms with E-state index in [1.54, 1.807) is 0 Å². The number of unbranched alkanes of at least 4 members (excludes halogenated alkanes) is 1. The Kier molecular flexibility index (Phi) is 7.54. The highest BCUT2D eigenvalue weighted by molar-refractivity contribution is 14.1. The molecule has 0 N–H and O–H groups in total. The number of halogens is 1. The zero-order chi connectivity index (χ0) is 9.45. The van der Waals surface area contributed by atoms with Gasteiger partial charge in [0.1, 0.15) is 0 Å². The molecule has 0 aliphatic heterocycles. The van der Waals surface area contributed by atoms with Crippen molar-refractivity contribution < 1.29 is 4.48 Å². The summed E-state index contributed by atoms with van der Waals surface area (Å²) >= 11 is 2.47. The number of rotatable bonds is 7. The number of hydrogen-bond donors (Lipinski definition) is 0. The molecule has 0 aromatic heterocycles. The lowest BCUT2D eigenvalue weighted by Crippen LogP contribution is -2.45. The minimum Gasteiger partial charge on any atom is -0.326 e. The maximum absolute atomic E-state index is 2.47. The van der Waals surface area contributed by atoms with Gasteiger partial charge in [-0.25, -0.2) is 0 Å². The van der Waals surface area contributed by atoms with Crippen molar-refractivity contribution in [2.45, 2.75) is 33.1 Å². The van der Waals surface area contributed by atoms with Gasteiger partial charge in [-0.1, -0.05) is 29.5 Å². The van der Waals surface area contributed by atoms with Crippen LogP contribution in [0.5, 0.6) is 0 Å². The van der Waals surface area contributed by atoms with Gasteiger partial charge >= 0.3 is 0 Å². The summed E-state index contributed by atoms with van der Waals surface area (Å²) in [5.41, 5.74) is 0. The van der Waals surface area contributed by atoms with E-state index in [0.29, 0.717) is 0 Å². The Balaban J connectivity index is 3.63. The van der Waals surface area contributed by atoms with Gasteiger partial charge < -0.3 is 4.48 Å². The lowest BCUT2D eigenvalue weighted by Gasteiger charge is -2.33. The number of alkyl halides is 1. The van der Waals surface area contributed by atoms with Crippen LogP contribution in [0.2, 0.25) is 0 Å². The molecule has 74 valence electrons. The summed E-state index contributed by atoms with van der Waals surface area (Å²) in [4.78, 5) is 0. The van der Waals surface area contributed by atoms with Crippen LogP contribution < -0.4 is 0 Å². The lowest BCUT2D eigenvalue weighted by molar-refractivity contribution is -0.908. The maximum Gasteiger partial charge on any atom is 0.0784 e. The van der Waals surface area contributed by atoms with Crippen LogP contribution in [0.15, 0.2) is 0 Å². The molecule has 0 aromatic carbocycles. The molecule has 0 bridgehead atoms. The Labute approximate surface area is 91.3 Å². The van der Waals surface area contributed by atoms with Crippen LogP contribution in [-0.2, 0) is 0 Å². The van der Waals surface area contributed by atoms with Gasteiger partial charge in [0.25, 0.3) is 0 Å². The zero-order valence-corrected chi connectivity index (χ0v) is 10.9. The molecule has 0 aromatic rings. The van der Waals surface area contributed by atoms with Gasteiger partial charge in [-0.2, -0.15) is 0 Å². The molecule has 1 unspecified atom stereocenters. The third-order valence-electron chi connectivity index (χ3n) is 2.61. The molecule has 12 heavy (non-hydrogen) atoms. The molecular formula is C10H23IN+. The Hall–Kier alpha value is 0.690. The van der Waals surface area contributed by atoms with E-state index < -0.39 is 0 Å². The molecule has 0 heterocycles. The van der Waals surface area contributed by atoms with E-state index in [9.17, 15) is 0 Å². The summed E-state index contributed by atoms with van der Waals surface area (Å²) in [7, 11) is 2.39. The molecule has 0 saturated heterocycles. The Morgan fingerprint density at radius 3 is 2.17 bits per heavy atom. The first-order valence-corrected chi connectivity index (χ1v) is 6.60. The van der Waals surface area contributed by atoms with E-state index in [1.165, 1.54) is 47.8 Å². The van der Waals surface area contributed by atoms with Crippen LogP contribution in [0.25, 0.3) is 0 Å². The SMILES string of the molecule is CCC[N+](C)(CC)CCCCI. The van der Waals surface area contributed by atoms with Crippen LogP contribution >= 0.6 is 22.6 Å². The van der Waals surface area contributed by atoms with E-state index in [0.717, 1.165) is 0 Å².